The number of benzene rings is 4. The quantitative estimate of drug-likeness (QED) is 0.176. The van der Waals surface area contributed by atoms with Crippen molar-refractivity contribution in [3.05, 3.63) is 120 Å². The predicted octanol–water partition coefficient (Wildman–Crippen LogP) is 4.81. The van der Waals surface area contributed by atoms with Crippen molar-refractivity contribution in [3.63, 3.8) is 0 Å². The minimum absolute atomic E-state index is 0. The highest BCUT2D eigenvalue weighted by molar-refractivity contribution is 5.75. The molecule has 0 fully saturated rings. The molecule has 0 atom stereocenters. The molecule has 182 valence electrons. The molecule has 0 spiro atoms. The van der Waals surface area contributed by atoms with E-state index >= 15 is 0 Å². The van der Waals surface area contributed by atoms with Crippen LogP contribution in [-0.2, 0) is 37.2 Å². The Kier molecular flexibility index (Phi) is 10.1. The average molecular weight is 500 g/mol. The highest BCUT2D eigenvalue weighted by Crippen LogP contribution is 2.23. The molecule has 0 radical (unpaired) electrons. The van der Waals surface area contributed by atoms with Gasteiger partial charge >= 0.3 is 11.9 Å². The number of carbonyl (C=O) groups excluding carboxylic acids is 2. The third-order valence-electron chi connectivity index (χ3n) is 4.71. The van der Waals surface area contributed by atoms with E-state index in [1.54, 1.807) is 48.5 Å². The molecule has 0 N–H and O–H groups in total. The van der Waals surface area contributed by atoms with E-state index in [2.05, 4.69) is 14.8 Å². The van der Waals surface area contributed by atoms with E-state index < -0.39 is 11.9 Å². The Bertz CT molecular complexity index is 1160. The maximum atomic E-state index is 12.0. The van der Waals surface area contributed by atoms with Gasteiger partial charge in [-0.2, -0.15) is 0 Å². The zero-order valence-electron chi connectivity index (χ0n) is 18.7. The minimum Gasteiger partial charge on any atom is -0.457 e. The molecule has 0 unspecified atom stereocenters. The Morgan fingerprint density at radius 2 is 0.889 bits per heavy atom. The second-order valence-corrected chi connectivity index (χ2v) is 7.46. The van der Waals surface area contributed by atoms with Gasteiger partial charge in [0.25, 0.3) is 0 Å². The topological polar surface area (TPSA) is 80.3 Å². The number of para-hydroxylation sites is 2. The maximum absolute atomic E-state index is 12.0. The smallest absolute Gasteiger partial charge is 0.351 e. The molecule has 0 aliphatic heterocycles. The summed E-state index contributed by atoms with van der Waals surface area (Å²) >= 11 is 0. The molecular weight excluding hydrogens is 475 g/mol. The summed E-state index contributed by atoms with van der Waals surface area (Å²) in [5.41, 5.74) is 1.29. The molecule has 4 rings (SSSR count). The highest BCUT2D eigenvalue weighted by atomic mass is 27.0. The van der Waals surface area contributed by atoms with Crippen LogP contribution < -0.4 is 9.47 Å². The van der Waals surface area contributed by atoms with E-state index in [0.717, 1.165) is 0 Å². The lowest BCUT2D eigenvalue weighted by atomic mass is 10.1. The lowest BCUT2D eigenvalue weighted by Crippen LogP contribution is -2.13. The fraction of sp³-hybridized carbons (Fsp3) is 0.0714. The second-order valence-electron chi connectivity index (χ2n) is 7.46. The largest absolute Gasteiger partial charge is 0.457 e. The van der Waals surface area contributed by atoms with Crippen molar-refractivity contribution in [1.29, 1.82) is 0 Å². The maximum Gasteiger partial charge on any atom is 0.351 e. The molecule has 4 aromatic rings. The molecule has 0 aromatic heterocycles. The van der Waals surface area contributed by atoms with Gasteiger partial charge < -0.3 is 9.47 Å². The molecule has 0 aliphatic carbocycles. The van der Waals surface area contributed by atoms with Gasteiger partial charge in [-0.1, -0.05) is 60.7 Å². The summed E-state index contributed by atoms with van der Waals surface area (Å²) in [4.78, 5) is 33.2. The molecule has 0 saturated heterocycles. The van der Waals surface area contributed by atoms with Crippen LogP contribution in [-0.4, -0.2) is 29.3 Å². The highest BCUT2D eigenvalue weighted by Gasteiger charge is 2.12. The fourth-order valence-electron chi connectivity index (χ4n) is 3.17. The molecule has 7 nitrogen and oxygen atoms in total. The summed E-state index contributed by atoms with van der Waals surface area (Å²) in [7, 11) is 0. The summed E-state index contributed by atoms with van der Waals surface area (Å²) in [6, 6.07) is 32.6. The minimum atomic E-state index is -0.729. The molecule has 0 aliphatic rings. The van der Waals surface area contributed by atoms with E-state index in [-0.39, 0.29) is 30.2 Å². The van der Waals surface area contributed by atoms with Crippen LogP contribution in [0.15, 0.2) is 109 Å². The van der Waals surface area contributed by atoms with E-state index in [0.29, 0.717) is 34.1 Å². The molecule has 0 amide bonds. The Balaban J connectivity index is 0.00000361. The van der Waals surface area contributed by atoms with Gasteiger partial charge in [0.15, 0.2) is 17.4 Å². The van der Waals surface area contributed by atoms with Gasteiger partial charge in [-0.25, -0.2) is 9.59 Å². The van der Waals surface area contributed by atoms with E-state index in [1.807, 2.05) is 60.7 Å². The third-order valence-corrected chi connectivity index (χ3v) is 4.71. The summed E-state index contributed by atoms with van der Waals surface area (Å²) in [6.07, 6.45) is -0.190. The van der Waals surface area contributed by atoms with E-state index in [4.69, 9.17) is 9.47 Å². The van der Waals surface area contributed by atoms with Crippen LogP contribution in [0.2, 0.25) is 0 Å². The van der Waals surface area contributed by atoms with Crippen LogP contribution in [0.1, 0.15) is 11.1 Å². The SMILES string of the molecule is O=C(Cc1cccc(Oc2ccccc2)c1)OOOC(=O)Cc1cccc(Oc2ccccc2)c1.[AlH3]. The zero-order valence-corrected chi connectivity index (χ0v) is 18.7. The first-order valence-corrected chi connectivity index (χ1v) is 10.8. The van der Waals surface area contributed by atoms with Crippen LogP contribution in [0.4, 0.5) is 0 Å². The van der Waals surface area contributed by atoms with Crippen LogP contribution in [0.3, 0.4) is 0 Å². The lowest BCUT2D eigenvalue weighted by Gasteiger charge is -2.08. The lowest BCUT2D eigenvalue weighted by molar-refractivity contribution is -0.459. The number of rotatable bonds is 10. The number of hydrogen-bond donors (Lipinski definition) is 0. The summed E-state index contributed by atoms with van der Waals surface area (Å²) in [5, 5.41) is 4.39. The molecule has 0 heterocycles. The fourth-order valence-corrected chi connectivity index (χ4v) is 3.17. The van der Waals surface area contributed by atoms with Crippen molar-refractivity contribution in [1.82, 2.24) is 0 Å². The van der Waals surface area contributed by atoms with Crippen molar-refractivity contribution < 1.29 is 33.9 Å². The standard InChI is InChI=1S/C28H22O7.Al.3H/c29-27(19-21-9-7-15-25(17-21)31-23-11-3-1-4-12-23)33-35-34-28(30)20-22-10-8-16-26(18-22)32-24-13-5-2-6-14-24;;;;/h1-18H,19-20H2;;;;. The molecule has 8 heteroatoms. The predicted molar refractivity (Wildman–Crippen MR) is 137 cm³/mol. The van der Waals surface area contributed by atoms with Crippen molar-refractivity contribution in [2.75, 3.05) is 0 Å². The molecule has 36 heavy (non-hydrogen) atoms. The average Bonchev–Trinajstić information content (AvgIpc) is 2.86. The Labute approximate surface area is 219 Å². The molecule has 0 bridgehead atoms. The van der Waals surface area contributed by atoms with Crippen molar-refractivity contribution in [2.45, 2.75) is 12.8 Å². The Morgan fingerprint density at radius 3 is 1.31 bits per heavy atom. The van der Waals surface area contributed by atoms with Gasteiger partial charge in [-0.3, -0.25) is 9.78 Å². The van der Waals surface area contributed by atoms with Crippen molar-refractivity contribution in [3.8, 4) is 23.0 Å². The van der Waals surface area contributed by atoms with Crippen LogP contribution in [0.25, 0.3) is 0 Å². The molecule has 0 saturated carbocycles. The van der Waals surface area contributed by atoms with Crippen LogP contribution >= 0.6 is 0 Å². The summed E-state index contributed by atoms with van der Waals surface area (Å²) in [5.74, 6) is 1.06. The van der Waals surface area contributed by atoms with E-state index in [9.17, 15) is 9.59 Å². The van der Waals surface area contributed by atoms with Gasteiger partial charge in [0, 0.05) is 5.04 Å². The first-order valence-electron chi connectivity index (χ1n) is 10.8. The number of carbonyl (C=O) groups is 2. The first-order chi connectivity index (χ1) is 17.1. The van der Waals surface area contributed by atoms with Gasteiger partial charge in [0.05, 0.1) is 12.8 Å². The van der Waals surface area contributed by atoms with Crippen molar-refractivity contribution >= 4 is 29.3 Å². The van der Waals surface area contributed by atoms with Gasteiger partial charge in [0.2, 0.25) is 0 Å². The molecule has 4 aromatic carbocycles. The van der Waals surface area contributed by atoms with Crippen LogP contribution in [0.5, 0.6) is 23.0 Å². The first kappa shape index (κ1) is 26.5. The second kappa shape index (κ2) is 13.7. The number of hydrogen-bond acceptors (Lipinski definition) is 7. The zero-order chi connectivity index (χ0) is 24.3. The summed E-state index contributed by atoms with van der Waals surface area (Å²) < 4.78 is 11.5. The van der Waals surface area contributed by atoms with Gasteiger partial charge in [-0.15, -0.1) is 0 Å². The van der Waals surface area contributed by atoms with Crippen molar-refractivity contribution in [2.24, 2.45) is 0 Å². The Morgan fingerprint density at radius 1 is 0.500 bits per heavy atom. The van der Waals surface area contributed by atoms with Crippen LogP contribution in [0, 0.1) is 0 Å². The monoisotopic (exact) mass is 500 g/mol. The Hall–Kier alpha value is -4.09. The normalized spacial score (nSPS) is 10.0. The third kappa shape index (κ3) is 8.60. The van der Waals surface area contributed by atoms with E-state index in [1.165, 1.54) is 0 Å². The van der Waals surface area contributed by atoms with Gasteiger partial charge in [-0.05, 0) is 59.7 Å². The number of ether oxygens (including phenoxy) is 2. The molecular formula is C28H25AlO7. The summed E-state index contributed by atoms with van der Waals surface area (Å²) in [6.45, 7) is 0. The van der Waals surface area contributed by atoms with Gasteiger partial charge in [0.1, 0.15) is 23.0 Å².